The van der Waals surface area contributed by atoms with Crippen LogP contribution in [0.15, 0.2) is 36.5 Å². The number of aromatic nitrogens is 1. The highest BCUT2D eigenvalue weighted by atomic mass is 19.4. The number of hydrogen-bond donors (Lipinski definition) is 1. The Morgan fingerprint density at radius 1 is 1.27 bits per heavy atom. The number of aromatic amines is 1. The number of pyridine rings is 1. The predicted molar refractivity (Wildman–Crippen MR) is 70.3 cm³/mol. The molecule has 3 N–H and O–H groups in total. The van der Waals surface area contributed by atoms with Crippen LogP contribution in [-0.4, -0.2) is 13.1 Å². The Labute approximate surface area is 123 Å². The average Bonchev–Trinajstić information content (AvgIpc) is 2.48. The van der Waals surface area contributed by atoms with E-state index in [0.29, 0.717) is 0 Å². The Hall–Kier alpha value is -2.77. The first-order valence-corrected chi connectivity index (χ1v) is 6.06. The number of hydrogen-bond acceptors (Lipinski definition) is 4. The number of nitrogens with two attached hydrogens (primary N) is 1. The highest BCUT2D eigenvalue weighted by Crippen LogP contribution is 2.35. The van der Waals surface area contributed by atoms with E-state index in [1.807, 2.05) is 0 Å². The van der Waals surface area contributed by atoms with E-state index < -0.39 is 23.6 Å². The molecule has 1 aromatic heterocycles. The van der Waals surface area contributed by atoms with Crippen LogP contribution in [0.2, 0.25) is 0 Å². The molecular weight excluding hydrogens is 301 g/mol. The van der Waals surface area contributed by atoms with E-state index in [0.717, 1.165) is 6.07 Å². The SMILES string of the molecule is COC(=O)c1cc(Oc2[nH+]cccc2C(F)(F)F)ccc1N. The van der Waals surface area contributed by atoms with Gasteiger partial charge in [-0.2, -0.15) is 18.2 Å². The summed E-state index contributed by atoms with van der Waals surface area (Å²) in [4.78, 5) is 13.9. The van der Waals surface area contributed by atoms with Crippen LogP contribution in [0.5, 0.6) is 11.6 Å². The normalized spacial score (nSPS) is 11.1. The van der Waals surface area contributed by atoms with Crippen LogP contribution in [0.1, 0.15) is 15.9 Å². The van der Waals surface area contributed by atoms with Crippen LogP contribution >= 0.6 is 0 Å². The van der Waals surface area contributed by atoms with E-state index in [4.69, 9.17) is 10.5 Å². The van der Waals surface area contributed by atoms with Crippen molar-refractivity contribution in [2.45, 2.75) is 6.18 Å². The Morgan fingerprint density at radius 2 is 2.00 bits per heavy atom. The molecule has 0 amide bonds. The minimum absolute atomic E-state index is 0.00416. The molecule has 1 heterocycles. The number of H-pyrrole nitrogens is 1. The number of alkyl halides is 3. The van der Waals surface area contributed by atoms with Crippen molar-refractivity contribution in [3.63, 3.8) is 0 Å². The molecule has 0 saturated heterocycles. The summed E-state index contributed by atoms with van der Waals surface area (Å²) in [5.41, 5.74) is 4.78. The molecule has 1 aromatic carbocycles. The smallest absolute Gasteiger partial charge is 0.426 e. The van der Waals surface area contributed by atoms with Gasteiger partial charge in [0.2, 0.25) is 0 Å². The highest BCUT2D eigenvalue weighted by Gasteiger charge is 2.38. The maximum Gasteiger partial charge on any atom is 0.426 e. The summed E-state index contributed by atoms with van der Waals surface area (Å²) in [6.45, 7) is 0. The van der Waals surface area contributed by atoms with Crippen LogP contribution in [0, 0.1) is 0 Å². The number of carbonyl (C=O) groups excluding carboxylic acids is 1. The number of carbonyl (C=O) groups is 1. The van der Waals surface area contributed by atoms with Gasteiger partial charge in [-0.1, -0.05) is 0 Å². The average molecular weight is 313 g/mol. The number of nitrogens with one attached hydrogen (secondary N) is 1. The minimum Gasteiger partial charge on any atom is -0.465 e. The van der Waals surface area contributed by atoms with E-state index in [-0.39, 0.29) is 17.0 Å². The van der Waals surface area contributed by atoms with Gasteiger partial charge in [-0.3, -0.25) is 0 Å². The predicted octanol–water partition coefficient (Wildman–Crippen LogP) is 2.68. The zero-order valence-electron chi connectivity index (χ0n) is 11.4. The summed E-state index contributed by atoms with van der Waals surface area (Å²) in [5.74, 6) is -1.19. The third-order valence-electron chi connectivity index (χ3n) is 2.77. The summed E-state index contributed by atoms with van der Waals surface area (Å²) < 4.78 is 48.4. The second-order valence-electron chi connectivity index (χ2n) is 4.25. The van der Waals surface area contributed by atoms with Crippen molar-refractivity contribution in [2.75, 3.05) is 12.8 Å². The lowest BCUT2D eigenvalue weighted by atomic mass is 10.1. The molecule has 22 heavy (non-hydrogen) atoms. The largest absolute Gasteiger partial charge is 0.465 e. The monoisotopic (exact) mass is 313 g/mol. The van der Waals surface area contributed by atoms with E-state index in [1.165, 1.54) is 37.6 Å². The van der Waals surface area contributed by atoms with Crippen LogP contribution in [-0.2, 0) is 10.9 Å². The van der Waals surface area contributed by atoms with Crippen molar-refractivity contribution in [3.8, 4) is 11.6 Å². The van der Waals surface area contributed by atoms with E-state index in [9.17, 15) is 18.0 Å². The summed E-state index contributed by atoms with van der Waals surface area (Å²) in [7, 11) is 1.17. The third kappa shape index (κ3) is 3.27. The van der Waals surface area contributed by atoms with Crippen LogP contribution in [0.25, 0.3) is 0 Å². The molecule has 0 spiro atoms. The zero-order chi connectivity index (χ0) is 16.3. The van der Waals surface area contributed by atoms with Gasteiger partial charge in [0.05, 0.1) is 12.7 Å². The van der Waals surface area contributed by atoms with Crippen LogP contribution < -0.4 is 15.5 Å². The van der Waals surface area contributed by atoms with Crippen LogP contribution in [0.3, 0.4) is 0 Å². The second kappa shape index (κ2) is 5.92. The van der Waals surface area contributed by atoms with Crippen molar-refractivity contribution in [1.29, 1.82) is 0 Å². The Bertz CT molecular complexity index is 702. The summed E-state index contributed by atoms with van der Waals surface area (Å²) in [6.07, 6.45) is -3.28. The van der Waals surface area contributed by atoms with E-state index in [1.54, 1.807) is 0 Å². The number of esters is 1. The number of nitrogen functional groups attached to an aromatic ring is 1. The summed E-state index contributed by atoms with van der Waals surface area (Å²) in [5, 5.41) is 0. The highest BCUT2D eigenvalue weighted by molar-refractivity contribution is 5.95. The fourth-order valence-corrected chi connectivity index (χ4v) is 1.73. The van der Waals surface area contributed by atoms with Gasteiger partial charge in [-0.15, -0.1) is 0 Å². The molecule has 8 heteroatoms. The fourth-order valence-electron chi connectivity index (χ4n) is 1.73. The molecular formula is C14H12F3N2O3+. The van der Waals surface area contributed by atoms with Gasteiger partial charge in [-0.05, 0) is 24.3 Å². The Balaban J connectivity index is 2.39. The summed E-state index contributed by atoms with van der Waals surface area (Å²) in [6, 6.07) is 5.99. The van der Waals surface area contributed by atoms with Gasteiger partial charge >= 0.3 is 18.0 Å². The molecule has 0 aliphatic carbocycles. The first-order valence-electron chi connectivity index (χ1n) is 6.06. The van der Waals surface area contributed by atoms with Crippen molar-refractivity contribution in [3.05, 3.63) is 47.7 Å². The molecule has 0 unspecified atom stereocenters. The molecule has 0 fully saturated rings. The molecule has 0 aliphatic rings. The Morgan fingerprint density at radius 3 is 2.64 bits per heavy atom. The zero-order valence-corrected chi connectivity index (χ0v) is 11.4. The number of ether oxygens (including phenoxy) is 2. The number of anilines is 1. The number of methoxy groups -OCH3 is 1. The van der Waals surface area contributed by atoms with Crippen LogP contribution in [0.4, 0.5) is 18.9 Å². The van der Waals surface area contributed by atoms with Crippen molar-refractivity contribution in [1.82, 2.24) is 0 Å². The van der Waals surface area contributed by atoms with E-state index in [2.05, 4.69) is 9.72 Å². The topological polar surface area (TPSA) is 75.7 Å². The van der Waals surface area contributed by atoms with Gasteiger partial charge in [0.1, 0.15) is 5.75 Å². The number of halogens is 3. The maximum atomic E-state index is 12.9. The number of rotatable bonds is 3. The lowest BCUT2D eigenvalue weighted by Gasteiger charge is -2.09. The summed E-state index contributed by atoms with van der Waals surface area (Å²) >= 11 is 0. The molecule has 0 radical (unpaired) electrons. The molecule has 0 saturated carbocycles. The molecule has 0 aliphatic heterocycles. The third-order valence-corrected chi connectivity index (χ3v) is 2.77. The van der Waals surface area contributed by atoms with Gasteiger partial charge < -0.3 is 15.2 Å². The van der Waals surface area contributed by atoms with E-state index >= 15 is 0 Å². The Kier molecular flexibility index (Phi) is 4.20. The van der Waals surface area contributed by atoms with Gasteiger partial charge in [-0.25, -0.2) is 4.79 Å². The first kappa shape index (κ1) is 15.6. The van der Waals surface area contributed by atoms with Crippen molar-refractivity contribution < 1.29 is 32.4 Å². The fraction of sp³-hybridized carbons (Fsp3) is 0.143. The van der Waals surface area contributed by atoms with Crippen molar-refractivity contribution >= 4 is 11.7 Å². The second-order valence-corrected chi connectivity index (χ2v) is 4.25. The molecule has 0 bridgehead atoms. The lowest BCUT2D eigenvalue weighted by Crippen LogP contribution is -2.15. The van der Waals surface area contributed by atoms with Gasteiger partial charge in [0.15, 0.2) is 11.8 Å². The standard InChI is InChI=1S/C14H11F3N2O3/c1-21-13(20)9-7-8(4-5-11(9)18)22-12-10(14(15,16)17)3-2-6-19-12/h2-7H,18H2,1H3/p+1. The maximum absolute atomic E-state index is 12.9. The quantitative estimate of drug-likeness (QED) is 0.698. The van der Waals surface area contributed by atoms with Gasteiger partial charge in [0.25, 0.3) is 0 Å². The minimum atomic E-state index is -4.58. The molecule has 2 aromatic rings. The number of benzene rings is 1. The van der Waals surface area contributed by atoms with Crippen molar-refractivity contribution in [2.24, 2.45) is 0 Å². The first-order chi connectivity index (χ1) is 10.3. The molecule has 116 valence electrons. The lowest BCUT2D eigenvalue weighted by molar-refractivity contribution is -0.394. The molecule has 5 nitrogen and oxygen atoms in total. The molecule has 2 rings (SSSR count). The molecule has 0 atom stereocenters. The van der Waals surface area contributed by atoms with Gasteiger partial charge in [0, 0.05) is 11.8 Å².